The van der Waals surface area contributed by atoms with Crippen molar-refractivity contribution in [2.45, 2.75) is 6.42 Å². The number of nitrogens with zero attached hydrogens (tertiary/aromatic N) is 2. The third-order valence-electron chi connectivity index (χ3n) is 2.52. The first-order chi connectivity index (χ1) is 7.15. The summed E-state index contributed by atoms with van der Waals surface area (Å²) in [7, 11) is 0. The molecular formula is C10H12ClN3O. The van der Waals surface area contributed by atoms with E-state index in [1.54, 1.807) is 6.20 Å². The second-order valence-corrected chi connectivity index (χ2v) is 4.17. The molecule has 15 heavy (non-hydrogen) atoms. The van der Waals surface area contributed by atoms with Gasteiger partial charge < -0.3 is 10.6 Å². The normalized spacial score (nSPS) is 16.2. The van der Waals surface area contributed by atoms with Gasteiger partial charge in [0.15, 0.2) is 0 Å². The number of aromatic nitrogens is 1. The summed E-state index contributed by atoms with van der Waals surface area (Å²) in [5.41, 5.74) is 6.17. The van der Waals surface area contributed by atoms with Crippen molar-refractivity contribution in [1.29, 1.82) is 0 Å². The van der Waals surface area contributed by atoms with Crippen LogP contribution in [-0.4, -0.2) is 24.0 Å². The van der Waals surface area contributed by atoms with Crippen molar-refractivity contribution in [3.8, 4) is 0 Å². The Morgan fingerprint density at radius 3 is 3.00 bits per heavy atom. The molecule has 0 saturated carbocycles. The van der Waals surface area contributed by atoms with Crippen molar-refractivity contribution in [3.63, 3.8) is 0 Å². The number of carbonyl (C=O) groups is 1. The van der Waals surface area contributed by atoms with Crippen LogP contribution < -0.4 is 10.6 Å². The number of hydrogen-bond donors (Lipinski definition) is 1. The molecule has 0 atom stereocenters. The Balaban J connectivity index is 1.92. The van der Waals surface area contributed by atoms with Crippen LogP contribution >= 0.6 is 11.6 Å². The zero-order valence-electron chi connectivity index (χ0n) is 8.19. The summed E-state index contributed by atoms with van der Waals surface area (Å²) >= 11 is 5.78. The van der Waals surface area contributed by atoms with E-state index in [-0.39, 0.29) is 5.91 Å². The minimum atomic E-state index is -0.229. The highest BCUT2D eigenvalue weighted by molar-refractivity contribution is 6.29. The molecule has 0 spiro atoms. The molecule has 0 aromatic carbocycles. The van der Waals surface area contributed by atoms with Crippen LogP contribution in [0.4, 0.5) is 5.69 Å². The maximum atomic E-state index is 10.7. The summed E-state index contributed by atoms with van der Waals surface area (Å²) in [6.07, 6.45) is 2.15. The first-order valence-corrected chi connectivity index (χ1v) is 5.18. The topological polar surface area (TPSA) is 59.2 Å². The third-order valence-corrected chi connectivity index (χ3v) is 2.73. The average molecular weight is 226 g/mol. The maximum absolute atomic E-state index is 10.7. The van der Waals surface area contributed by atoms with Crippen LogP contribution in [0.15, 0.2) is 18.3 Å². The van der Waals surface area contributed by atoms with E-state index < -0.39 is 0 Å². The van der Waals surface area contributed by atoms with Crippen LogP contribution in [0, 0.1) is 5.92 Å². The number of nitrogens with two attached hydrogens (primary N) is 1. The molecule has 4 nitrogen and oxygen atoms in total. The Labute approximate surface area is 93.0 Å². The Morgan fingerprint density at radius 2 is 2.40 bits per heavy atom. The number of anilines is 1. The number of halogens is 1. The van der Waals surface area contributed by atoms with E-state index in [4.69, 9.17) is 17.3 Å². The van der Waals surface area contributed by atoms with Gasteiger partial charge in [0.05, 0.1) is 0 Å². The summed E-state index contributed by atoms with van der Waals surface area (Å²) in [6, 6.07) is 3.73. The van der Waals surface area contributed by atoms with E-state index in [9.17, 15) is 4.79 Å². The highest BCUT2D eigenvalue weighted by Gasteiger charge is 2.28. The van der Waals surface area contributed by atoms with Gasteiger partial charge in [-0.2, -0.15) is 0 Å². The van der Waals surface area contributed by atoms with Gasteiger partial charge in [0.1, 0.15) is 5.15 Å². The van der Waals surface area contributed by atoms with Crippen LogP contribution in [0.2, 0.25) is 5.15 Å². The van der Waals surface area contributed by atoms with Crippen LogP contribution in [0.5, 0.6) is 0 Å². The summed E-state index contributed by atoms with van der Waals surface area (Å²) < 4.78 is 0. The molecule has 80 valence electrons. The molecule has 2 heterocycles. The molecule has 5 heteroatoms. The number of primary amides is 1. The Bertz CT molecular complexity index is 377. The first-order valence-electron chi connectivity index (χ1n) is 4.80. The lowest BCUT2D eigenvalue weighted by atomic mass is 9.95. The molecule has 1 aliphatic heterocycles. The molecule has 2 N–H and O–H groups in total. The fraction of sp³-hybridized carbons (Fsp3) is 0.400. The standard InChI is InChI=1S/C10H12ClN3O/c11-9-4-8(1-2-13-9)14-5-7(6-14)3-10(12)15/h1-2,4,7H,3,5-6H2,(H2,12,15). The smallest absolute Gasteiger partial charge is 0.217 e. The number of amides is 1. The molecule has 0 radical (unpaired) electrons. The van der Waals surface area contributed by atoms with Crippen molar-refractivity contribution >= 4 is 23.2 Å². The Morgan fingerprint density at radius 1 is 1.67 bits per heavy atom. The van der Waals surface area contributed by atoms with Crippen molar-refractivity contribution in [2.24, 2.45) is 11.7 Å². The second-order valence-electron chi connectivity index (χ2n) is 3.78. The highest BCUT2D eigenvalue weighted by Crippen LogP contribution is 2.27. The summed E-state index contributed by atoms with van der Waals surface area (Å²) in [4.78, 5) is 16.7. The molecule has 0 unspecified atom stereocenters. The fourth-order valence-corrected chi connectivity index (χ4v) is 1.95. The van der Waals surface area contributed by atoms with Crippen LogP contribution in [0.1, 0.15) is 6.42 Å². The van der Waals surface area contributed by atoms with Gasteiger partial charge in [-0.15, -0.1) is 0 Å². The van der Waals surface area contributed by atoms with Gasteiger partial charge in [0.25, 0.3) is 0 Å². The van der Waals surface area contributed by atoms with E-state index in [1.807, 2.05) is 12.1 Å². The summed E-state index contributed by atoms with van der Waals surface area (Å²) in [5, 5.41) is 0.492. The van der Waals surface area contributed by atoms with E-state index in [1.165, 1.54) is 0 Å². The van der Waals surface area contributed by atoms with Crippen LogP contribution in [0.25, 0.3) is 0 Å². The van der Waals surface area contributed by atoms with Crippen molar-refractivity contribution in [3.05, 3.63) is 23.5 Å². The predicted molar refractivity (Wildman–Crippen MR) is 58.8 cm³/mol. The predicted octanol–water partition coefficient (Wildman–Crippen LogP) is 1.05. The lowest BCUT2D eigenvalue weighted by Crippen LogP contribution is -2.48. The van der Waals surface area contributed by atoms with Crippen LogP contribution in [0.3, 0.4) is 0 Å². The summed E-state index contributed by atoms with van der Waals surface area (Å²) in [5.74, 6) is 0.154. The van der Waals surface area contributed by atoms with E-state index in [2.05, 4.69) is 9.88 Å². The first kappa shape index (κ1) is 10.2. The molecule has 1 saturated heterocycles. The lowest BCUT2D eigenvalue weighted by molar-refractivity contribution is -0.119. The zero-order valence-corrected chi connectivity index (χ0v) is 8.94. The molecule has 1 fully saturated rings. The molecule has 1 aromatic heterocycles. The van der Waals surface area contributed by atoms with Crippen LogP contribution in [-0.2, 0) is 4.79 Å². The van der Waals surface area contributed by atoms with Gasteiger partial charge in [0.2, 0.25) is 5.91 Å². The van der Waals surface area contributed by atoms with Gasteiger partial charge in [-0.1, -0.05) is 11.6 Å². The van der Waals surface area contributed by atoms with Gasteiger partial charge in [-0.05, 0) is 12.1 Å². The largest absolute Gasteiger partial charge is 0.371 e. The number of pyridine rings is 1. The molecule has 2 rings (SSSR count). The summed E-state index contributed by atoms with van der Waals surface area (Å²) in [6.45, 7) is 1.73. The average Bonchev–Trinajstić information content (AvgIpc) is 2.10. The van der Waals surface area contributed by atoms with Gasteiger partial charge in [-0.3, -0.25) is 4.79 Å². The molecule has 0 bridgehead atoms. The van der Waals surface area contributed by atoms with Gasteiger partial charge >= 0.3 is 0 Å². The lowest BCUT2D eigenvalue weighted by Gasteiger charge is -2.40. The Kier molecular flexibility index (Phi) is 2.77. The minimum absolute atomic E-state index is 0.229. The maximum Gasteiger partial charge on any atom is 0.217 e. The molecular weight excluding hydrogens is 214 g/mol. The highest BCUT2D eigenvalue weighted by atomic mass is 35.5. The SMILES string of the molecule is NC(=O)CC1CN(c2ccnc(Cl)c2)C1. The van der Waals surface area contributed by atoms with Gasteiger partial charge in [0, 0.05) is 37.3 Å². The van der Waals surface area contributed by atoms with E-state index in [0.717, 1.165) is 18.8 Å². The van der Waals surface area contributed by atoms with Crippen molar-refractivity contribution in [1.82, 2.24) is 4.98 Å². The second kappa shape index (κ2) is 4.06. The fourth-order valence-electron chi connectivity index (χ4n) is 1.78. The molecule has 1 aromatic rings. The number of rotatable bonds is 3. The minimum Gasteiger partial charge on any atom is -0.371 e. The monoisotopic (exact) mass is 225 g/mol. The van der Waals surface area contributed by atoms with Gasteiger partial charge in [-0.25, -0.2) is 4.98 Å². The molecule has 1 amide bonds. The quantitative estimate of drug-likeness (QED) is 0.783. The van der Waals surface area contributed by atoms with Crippen molar-refractivity contribution in [2.75, 3.05) is 18.0 Å². The molecule has 0 aliphatic carbocycles. The Hall–Kier alpha value is -1.29. The molecule has 1 aliphatic rings. The van der Waals surface area contributed by atoms with E-state index >= 15 is 0 Å². The third kappa shape index (κ3) is 2.39. The van der Waals surface area contributed by atoms with Crippen molar-refractivity contribution < 1.29 is 4.79 Å². The zero-order chi connectivity index (χ0) is 10.8. The number of carbonyl (C=O) groups excluding carboxylic acids is 1. The van der Waals surface area contributed by atoms with E-state index in [0.29, 0.717) is 17.5 Å². The number of hydrogen-bond acceptors (Lipinski definition) is 3.